The number of carbonyl (C=O) groups is 1. The third-order valence-electron chi connectivity index (χ3n) is 3.18. The van der Waals surface area contributed by atoms with Crippen molar-refractivity contribution in [2.45, 2.75) is 33.7 Å². The van der Waals surface area contributed by atoms with Crippen molar-refractivity contribution in [1.82, 2.24) is 5.32 Å². The van der Waals surface area contributed by atoms with Gasteiger partial charge < -0.3 is 15.8 Å². The van der Waals surface area contributed by atoms with E-state index in [9.17, 15) is 4.79 Å². The number of amides is 1. The number of hydrogen-bond donors (Lipinski definition) is 2. The molecule has 0 heterocycles. The van der Waals surface area contributed by atoms with Gasteiger partial charge in [-0.15, -0.1) is 0 Å². The molecule has 0 radical (unpaired) electrons. The second-order valence-electron chi connectivity index (χ2n) is 4.92. The molecule has 0 bridgehead atoms. The van der Waals surface area contributed by atoms with Gasteiger partial charge in [0.1, 0.15) is 5.75 Å². The van der Waals surface area contributed by atoms with Crippen LogP contribution in [0, 0.1) is 12.8 Å². The highest BCUT2D eigenvalue weighted by Crippen LogP contribution is 2.23. The van der Waals surface area contributed by atoms with Gasteiger partial charge in [-0.05, 0) is 37.6 Å². The third kappa shape index (κ3) is 4.56. The molecule has 1 amide bonds. The van der Waals surface area contributed by atoms with Gasteiger partial charge in [0.05, 0.1) is 12.5 Å². The van der Waals surface area contributed by atoms with Crippen molar-refractivity contribution in [1.29, 1.82) is 0 Å². The maximum atomic E-state index is 11.0. The Labute approximate surface area is 115 Å². The minimum Gasteiger partial charge on any atom is -0.493 e. The molecular weight excluding hydrogens is 240 g/mol. The van der Waals surface area contributed by atoms with Crippen molar-refractivity contribution >= 4 is 5.91 Å². The number of carbonyl (C=O) groups excluding carboxylic acids is 1. The average Bonchev–Trinajstić information content (AvgIpc) is 2.36. The normalized spacial score (nSPS) is 13.9. The Bertz CT molecular complexity index is 432. The molecule has 0 saturated carbocycles. The lowest BCUT2D eigenvalue weighted by Gasteiger charge is -2.16. The number of nitrogens with two attached hydrogens (primary N) is 1. The summed E-state index contributed by atoms with van der Waals surface area (Å²) >= 11 is 0. The highest BCUT2D eigenvalue weighted by Gasteiger charge is 2.11. The largest absolute Gasteiger partial charge is 0.493 e. The van der Waals surface area contributed by atoms with E-state index in [1.807, 2.05) is 19.1 Å². The Morgan fingerprint density at radius 3 is 2.63 bits per heavy atom. The first-order chi connectivity index (χ1) is 8.95. The Hall–Kier alpha value is -1.55. The number of benzene rings is 1. The topological polar surface area (TPSA) is 64.3 Å². The Kier molecular flexibility index (Phi) is 5.83. The number of ether oxygens (including phenoxy) is 1. The van der Waals surface area contributed by atoms with Crippen LogP contribution in [-0.2, 0) is 4.79 Å². The molecule has 0 aliphatic rings. The molecule has 1 aromatic carbocycles. The molecule has 0 aromatic heterocycles. The predicted molar refractivity (Wildman–Crippen MR) is 77.1 cm³/mol. The number of primary amides is 1. The lowest BCUT2D eigenvalue weighted by Crippen LogP contribution is -2.26. The first kappa shape index (κ1) is 15.5. The summed E-state index contributed by atoms with van der Waals surface area (Å²) in [5.41, 5.74) is 7.51. The number of nitrogens with one attached hydrogen (secondary N) is 1. The van der Waals surface area contributed by atoms with Crippen LogP contribution in [0.5, 0.6) is 5.75 Å². The fourth-order valence-corrected chi connectivity index (χ4v) is 1.82. The van der Waals surface area contributed by atoms with Crippen LogP contribution in [0.4, 0.5) is 0 Å². The Balaban J connectivity index is 2.69. The Morgan fingerprint density at radius 1 is 1.42 bits per heavy atom. The van der Waals surface area contributed by atoms with E-state index in [1.165, 1.54) is 5.56 Å². The zero-order valence-electron chi connectivity index (χ0n) is 12.2. The molecule has 0 aliphatic heterocycles. The van der Waals surface area contributed by atoms with Crippen LogP contribution < -0.4 is 15.8 Å². The van der Waals surface area contributed by atoms with E-state index >= 15 is 0 Å². The van der Waals surface area contributed by atoms with Gasteiger partial charge in [0, 0.05) is 6.04 Å². The molecule has 2 atom stereocenters. The van der Waals surface area contributed by atoms with Crippen LogP contribution in [-0.4, -0.2) is 19.1 Å². The molecule has 0 fully saturated rings. The molecular formula is C15H24N2O2. The highest BCUT2D eigenvalue weighted by atomic mass is 16.5. The van der Waals surface area contributed by atoms with Crippen LogP contribution in [0.1, 0.15) is 37.9 Å². The minimum atomic E-state index is -0.338. The average molecular weight is 264 g/mol. The molecule has 106 valence electrons. The lowest BCUT2D eigenvalue weighted by molar-refractivity contribution is -0.122. The highest BCUT2D eigenvalue weighted by molar-refractivity contribution is 5.76. The molecule has 3 N–H and O–H groups in total. The first-order valence-electron chi connectivity index (χ1n) is 6.71. The Morgan fingerprint density at radius 2 is 2.11 bits per heavy atom. The second kappa shape index (κ2) is 7.14. The molecule has 1 rings (SSSR count). The van der Waals surface area contributed by atoms with Crippen molar-refractivity contribution in [3.8, 4) is 5.75 Å². The van der Waals surface area contributed by atoms with Crippen molar-refractivity contribution in [2.75, 3.05) is 13.2 Å². The van der Waals surface area contributed by atoms with Gasteiger partial charge in [0.15, 0.2) is 0 Å². The van der Waals surface area contributed by atoms with Crippen molar-refractivity contribution in [3.05, 3.63) is 29.3 Å². The summed E-state index contributed by atoms with van der Waals surface area (Å²) in [6, 6.07) is 6.43. The van der Waals surface area contributed by atoms with E-state index in [0.29, 0.717) is 12.6 Å². The van der Waals surface area contributed by atoms with Crippen LogP contribution in [0.25, 0.3) is 0 Å². The lowest BCUT2D eigenvalue weighted by atomic mass is 10.0. The summed E-state index contributed by atoms with van der Waals surface area (Å²) in [6.45, 7) is 9.25. The van der Waals surface area contributed by atoms with Crippen LogP contribution in [0.15, 0.2) is 18.2 Å². The number of hydrogen-bond acceptors (Lipinski definition) is 3. The molecule has 2 unspecified atom stereocenters. The van der Waals surface area contributed by atoms with Crippen molar-refractivity contribution < 1.29 is 9.53 Å². The number of aryl methyl sites for hydroxylation is 1. The van der Waals surface area contributed by atoms with Gasteiger partial charge in [-0.3, -0.25) is 4.79 Å². The summed E-state index contributed by atoms with van der Waals surface area (Å²) in [5.74, 6) is 0.190. The SMILES string of the molecule is CCNC(C)c1ccc(OCC(C)C(N)=O)c(C)c1. The predicted octanol–water partition coefficient (Wildman–Crippen LogP) is 2.17. The summed E-state index contributed by atoms with van der Waals surface area (Å²) in [5, 5.41) is 3.37. The fraction of sp³-hybridized carbons (Fsp3) is 0.533. The molecule has 19 heavy (non-hydrogen) atoms. The molecule has 4 heteroatoms. The van der Waals surface area contributed by atoms with Crippen LogP contribution in [0.2, 0.25) is 0 Å². The zero-order valence-corrected chi connectivity index (χ0v) is 12.2. The molecule has 1 aromatic rings. The second-order valence-corrected chi connectivity index (χ2v) is 4.92. The molecule has 4 nitrogen and oxygen atoms in total. The van der Waals surface area contributed by atoms with Gasteiger partial charge in [0.25, 0.3) is 0 Å². The van der Waals surface area contributed by atoms with E-state index in [4.69, 9.17) is 10.5 Å². The van der Waals surface area contributed by atoms with Gasteiger partial charge in [0.2, 0.25) is 5.91 Å². The summed E-state index contributed by atoms with van der Waals surface area (Å²) in [4.78, 5) is 11.0. The maximum absolute atomic E-state index is 11.0. The van der Waals surface area contributed by atoms with Crippen LogP contribution in [0.3, 0.4) is 0 Å². The van der Waals surface area contributed by atoms with Gasteiger partial charge in [-0.2, -0.15) is 0 Å². The molecule has 0 saturated heterocycles. The molecule has 0 aliphatic carbocycles. The first-order valence-corrected chi connectivity index (χ1v) is 6.71. The smallest absolute Gasteiger partial charge is 0.223 e. The van der Waals surface area contributed by atoms with Crippen molar-refractivity contribution in [2.24, 2.45) is 11.7 Å². The summed E-state index contributed by atoms with van der Waals surface area (Å²) in [6.07, 6.45) is 0. The zero-order chi connectivity index (χ0) is 14.4. The van der Waals surface area contributed by atoms with Gasteiger partial charge in [-0.1, -0.05) is 26.0 Å². The van der Waals surface area contributed by atoms with E-state index in [2.05, 4.69) is 25.2 Å². The maximum Gasteiger partial charge on any atom is 0.223 e. The third-order valence-corrected chi connectivity index (χ3v) is 3.18. The van der Waals surface area contributed by atoms with Crippen molar-refractivity contribution in [3.63, 3.8) is 0 Å². The fourth-order valence-electron chi connectivity index (χ4n) is 1.82. The van der Waals surface area contributed by atoms with Crippen LogP contribution >= 0.6 is 0 Å². The number of rotatable bonds is 7. The minimum absolute atomic E-state index is 0.278. The quantitative estimate of drug-likeness (QED) is 0.793. The van der Waals surface area contributed by atoms with E-state index < -0.39 is 0 Å². The van der Waals surface area contributed by atoms with E-state index in [0.717, 1.165) is 17.9 Å². The van der Waals surface area contributed by atoms with E-state index in [1.54, 1.807) is 6.92 Å². The standard InChI is InChI=1S/C15H24N2O2/c1-5-17-12(4)13-6-7-14(10(2)8-13)19-9-11(3)15(16)18/h6-8,11-12,17H,5,9H2,1-4H3,(H2,16,18). The van der Waals surface area contributed by atoms with Gasteiger partial charge in [-0.25, -0.2) is 0 Å². The van der Waals surface area contributed by atoms with Gasteiger partial charge >= 0.3 is 0 Å². The van der Waals surface area contributed by atoms with E-state index in [-0.39, 0.29) is 11.8 Å². The summed E-state index contributed by atoms with van der Waals surface area (Å²) < 4.78 is 5.63. The molecule has 0 spiro atoms. The summed E-state index contributed by atoms with van der Waals surface area (Å²) in [7, 11) is 0. The monoisotopic (exact) mass is 264 g/mol.